The third kappa shape index (κ3) is 5.36. The van der Waals surface area contributed by atoms with E-state index in [1.807, 2.05) is 0 Å². The van der Waals surface area contributed by atoms with Gasteiger partial charge in [0, 0.05) is 32.6 Å². The van der Waals surface area contributed by atoms with Gasteiger partial charge in [-0.3, -0.25) is 4.79 Å². The average molecular weight is 448 g/mol. The minimum Gasteiger partial charge on any atom is -0.341 e. The summed E-state index contributed by atoms with van der Waals surface area (Å²) in [7, 11) is 1.33. The van der Waals surface area contributed by atoms with Crippen LogP contribution in [-0.2, 0) is 23.7 Å². The fourth-order valence-electron chi connectivity index (χ4n) is 3.74. The van der Waals surface area contributed by atoms with Crippen LogP contribution in [0, 0.1) is 11.7 Å². The number of nitrogens with one attached hydrogen (secondary N) is 1. The Hall–Kier alpha value is -2.62. The van der Waals surface area contributed by atoms with Crippen molar-refractivity contribution in [3.05, 3.63) is 70.5 Å². The number of benzene rings is 2. The van der Waals surface area contributed by atoms with Crippen molar-refractivity contribution in [2.75, 3.05) is 20.1 Å². The molecule has 1 aliphatic rings. The van der Waals surface area contributed by atoms with Crippen LogP contribution in [0.2, 0.25) is 0 Å². The quantitative estimate of drug-likeness (QED) is 0.680. The molecule has 31 heavy (non-hydrogen) atoms. The molecule has 0 saturated carbocycles. The average Bonchev–Trinajstić information content (AvgIpc) is 3.16. The molecule has 3 rings (SSSR count). The summed E-state index contributed by atoms with van der Waals surface area (Å²) in [6.45, 7) is 0.317. The molecule has 1 saturated heterocycles. The zero-order chi connectivity index (χ0) is 23.0. The van der Waals surface area contributed by atoms with Crippen LogP contribution in [0.25, 0.3) is 0 Å². The van der Waals surface area contributed by atoms with Crippen molar-refractivity contribution < 1.29 is 35.5 Å². The highest BCUT2D eigenvalue weighted by molar-refractivity contribution is 5.80. The largest absolute Gasteiger partial charge is 0.416 e. The zero-order valence-electron chi connectivity index (χ0n) is 16.3. The van der Waals surface area contributed by atoms with Gasteiger partial charge < -0.3 is 10.2 Å². The van der Waals surface area contributed by atoms with Gasteiger partial charge in [0.2, 0.25) is 5.91 Å². The maximum absolute atomic E-state index is 13.2. The monoisotopic (exact) mass is 448 g/mol. The molecule has 168 valence electrons. The molecule has 0 spiro atoms. The van der Waals surface area contributed by atoms with E-state index in [-0.39, 0.29) is 17.5 Å². The van der Waals surface area contributed by atoms with Gasteiger partial charge in [0.05, 0.1) is 17.0 Å². The van der Waals surface area contributed by atoms with Crippen LogP contribution in [0.1, 0.15) is 28.2 Å². The van der Waals surface area contributed by atoms with Crippen LogP contribution in [-0.4, -0.2) is 30.9 Å². The molecular formula is C21H19F7N2O. The Labute approximate surface area is 173 Å². The Morgan fingerprint density at radius 3 is 2.03 bits per heavy atom. The lowest BCUT2D eigenvalue weighted by Gasteiger charge is -2.25. The minimum atomic E-state index is -4.96. The van der Waals surface area contributed by atoms with Gasteiger partial charge in [-0.15, -0.1) is 0 Å². The molecule has 1 heterocycles. The highest BCUT2D eigenvalue weighted by atomic mass is 19.4. The van der Waals surface area contributed by atoms with Gasteiger partial charge in [-0.1, -0.05) is 12.1 Å². The van der Waals surface area contributed by atoms with E-state index < -0.39 is 47.7 Å². The molecule has 2 atom stereocenters. The first-order valence-electron chi connectivity index (χ1n) is 9.36. The van der Waals surface area contributed by atoms with E-state index in [9.17, 15) is 35.5 Å². The van der Waals surface area contributed by atoms with Crippen LogP contribution in [0.15, 0.2) is 42.5 Å². The second kappa shape index (κ2) is 8.49. The topological polar surface area (TPSA) is 32.3 Å². The summed E-state index contributed by atoms with van der Waals surface area (Å²) < 4.78 is 91.6. The van der Waals surface area contributed by atoms with Crippen LogP contribution >= 0.6 is 0 Å². The number of hydrogen-bond acceptors (Lipinski definition) is 2. The second-order valence-electron chi connectivity index (χ2n) is 7.53. The fourth-order valence-corrected chi connectivity index (χ4v) is 3.74. The molecule has 0 aliphatic carbocycles. The molecule has 2 aromatic carbocycles. The predicted molar refractivity (Wildman–Crippen MR) is 98.4 cm³/mol. The van der Waals surface area contributed by atoms with Crippen LogP contribution in [0.4, 0.5) is 30.7 Å². The Morgan fingerprint density at radius 1 is 0.968 bits per heavy atom. The van der Waals surface area contributed by atoms with E-state index in [2.05, 4.69) is 5.32 Å². The summed E-state index contributed by atoms with van der Waals surface area (Å²) in [5.41, 5.74) is -2.41. The molecule has 2 aromatic rings. The van der Waals surface area contributed by atoms with Crippen LogP contribution < -0.4 is 5.32 Å². The molecule has 1 amide bonds. The molecule has 3 nitrogen and oxygen atoms in total. The Balaban J connectivity index is 1.82. The van der Waals surface area contributed by atoms with Gasteiger partial charge in [0.1, 0.15) is 5.82 Å². The summed E-state index contributed by atoms with van der Waals surface area (Å²) in [5.74, 6) is -1.73. The van der Waals surface area contributed by atoms with E-state index >= 15 is 0 Å². The van der Waals surface area contributed by atoms with E-state index in [0.29, 0.717) is 25.2 Å². The first-order valence-corrected chi connectivity index (χ1v) is 9.36. The van der Waals surface area contributed by atoms with Crippen LogP contribution in [0.5, 0.6) is 0 Å². The van der Waals surface area contributed by atoms with E-state index in [1.54, 1.807) is 12.1 Å². The smallest absolute Gasteiger partial charge is 0.341 e. The molecule has 0 aromatic heterocycles. The molecule has 1 N–H and O–H groups in total. The molecule has 10 heteroatoms. The third-order valence-electron chi connectivity index (χ3n) is 5.27. The van der Waals surface area contributed by atoms with Gasteiger partial charge in [-0.2, -0.15) is 26.3 Å². The normalized spacial score (nSPS) is 19.5. The molecule has 1 aliphatic heterocycles. The van der Waals surface area contributed by atoms with Crippen LogP contribution in [0.3, 0.4) is 0 Å². The summed E-state index contributed by atoms with van der Waals surface area (Å²) in [6, 6.07) is 6.91. The van der Waals surface area contributed by atoms with Crippen molar-refractivity contribution in [2.24, 2.45) is 5.92 Å². The van der Waals surface area contributed by atoms with E-state index in [4.69, 9.17) is 0 Å². The van der Waals surface area contributed by atoms with Gasteiger partial charge in [-0.05, 0) is 41.5 Å². The summed E-state index contributed by atoms with van der Waals surface area (Å²) in [6.07, 6.45) is -9.91. The summed E-state index contributed by atoms with van der Waals surface area (Å²) in [5, 5.41) is 3.05. The molecule has 1 fully saturated rings. The minimum absolute atomic E-state index is 0.0524. The first kappa shape index (κ1) is 23.1. The number of alkyl halides is 6. The predicted octanol–water partition coefficient (Wildman–Crippen LogP) is 4.82. The van der Waals surface area contributed by atoms with Gasteiger partial charge in [-0.25, -0.2) is 4.39 Å². The maximum atomic E-state index is 13.2. The SMILES string of the molecule is CN(Cc1cc(C(F)(F)F)cc(C(F)(F)F)c1)C(=O)[C@H]1CNC[C@@H]1c1ccc(F)cc1. The molecule has 0 bridgehead atoms. The van der Waals surface area contributed by atoms with Crippen molar-refractivity contribution in [2.45, 2.75) is 24.8 Å². The number of halogens is 7. The summed E-state index contributed by atoms with van der Waals surface area (Å²) in [4.78, 5) is 14.0. The lowest BCUT2D eigenvalue weighted by Crippen LogP contribution is -2.35. The number of rotatable bonds is 4. The number of hydrogen-bond donors (Lipinski definition) is 1. The standard InChI is InChI=1S/C21H19F7N2O/c1-30(11-12-6-14(20(23,24)25)8-15(7-12)21(26,27)28)19(31)18-10-29-9-17(18)13-2-4-16(22)5-3-13/h2-8,17-18,29H,9-11H2,1H3/t17-,18+/m1/s1. The maximum Gasteiger partial charge on any atom is 0.416 e. The zero-order valence-corrected chi connectivity index (χ0v) is 16.3. The molecule has 0 unspecified atom stereocenters. The van der Waals surface area contributed by atoms with Gasteiger partial charge >= 0.3 is 12.4 Å². The second-order valence-corrected chi connectivity index (χ2v) is 7.53. The lowest BCUT2D eigenvalue weighted by atomic mass is 9.88. The van der Waals surface area contributed by atoms with Gasteiger partial charge in [0.25, 0.3) is 0 Å². The van der Waals surface area contributed by atoms with Crippen molar-refractivity contribution >= 4 is 5.91 Å². The van der Waals surface area contributed by atoms with Gasteiger partial charge in [0.15, 0.2) is 0 Å². The lowest BCUT2D eigenvalue weighted by molar-refractivity contribution is -0.143. The number of carbonyl (C=O) groups excluding carboxylic acids is 1. The Morgan fingerprint density at radius 2 is 1.52 bits per heavy atom. The number of amides is 1. The fraction of sp³-hybridized carbons (Fsp3) is 0.381. The Kier molecular flexibility index (Phi) is 6.31. The highest BCUT2D eigenvalue weighted by Crippen LogP contribution is 2.37. The van der Waals surface area contributed by atoms with Crippen molar-refractivity contribution in [1.29, 1.82) is 0 Å². The first-order chi connectivity index (χ1) is 14.4. The van der Waals surface area contributed by atoms with Crippen molar-refractivity contribution in [3.63, 3.8) is 0 Å². The third-order valence-corrected chi connectivity index (χ3v) is 5.27. The summed E-state index contributed by atoms with van der Waals surface area (Å²) >= 11 is 0. The molecule has 0 radical (unpaired) electrons. The Bertz CT molecular complexity index is 906. The van der Waals surface area contributed by atoms with Crippen molar-refractivity contribution in [3.8, 4) is 0 Å². The molecular weight excluding hydrogens is 429 g/mol. The van der Waals surface area contributed by atoms with E-state index in [0.717, 1.165) is 10.5 Å². The number of nitrogens with zero attached hydrogens (tertiary/aromatic N) is 1. The number of carbonyl (C=O) groups is 1. The van der Waals surface area contributed by atoms with E-state index in [1.165, 1.54) is 19.2 Å². The van der Waals surface area contributed by atoms with Crippen molar-refractivity contribution in [1.82, 2.24) is 10.2 Å². The highest BCUT2D eigenvalue weighted by Gasteiger charge is 2.38.